The zero-order valence-corrected chi connectivity index (χ0v) is 12.7. The molecule has 5 atom stereocenters. The monoisotopic (exact) mass is 283 g/mol. The van der Waals surface area contributed by atoms with Gasteiger partial charge in [0.15, 0.2) is 0 Å². The van der Waals surface area contributed by atoms with Crippen LogP contribution in [0, 0.1) is 17.8 Å². The quantitative estimate of drug-likeness (QED) is 0.831. The second-order valence-corrected chi connectivity index (χ2v) is 7.74. The number of rotatable bonds is 4. The highest BCUT2D eigenvalue weighted by Gasteiger charge is 2.41. The van der Waals surface area contributed by atoms with Gasteiger partial charge in [0.2, 0.25) is 0 Å². The van der Waals surface area contributed by atoms with Gasteiger partial charge in [-0.3, -0.25) is 0 Å². The zero-order chi connectivity index (χ0) is 12.7. The molecule has 5 unspecified atom stereocenters. The van der Waals surface area contributed by atoms with Crippen molar-refractivity contribution in [2.75, 3.05) is 0 Å². The van der Waals surface area contributed by atoms with Gasteiger partial charge in [-0.25, -0.2) is 0 Å². The molecule has 0 radical (unpaired) electrons. The third-order valence-electron chi connectivity index (χ3n) is 5.04. The van der Waals surface area contributed by atoms with Crippen LogP contribution < -0.4 is 5.32 Å². The summed E-state index contributed by atoms with van der Waals surface area (Å²) in [6, 6.07) is 3.15. The highest BCUT2D eigenvalue weighted by Crippen LogP contribution is 2.49. The van der Waals surface area contributed by atoms with E-state index in [4.69, 9.17) is 11.6 Å². The molecule has 2 fully saturated rings. The Morgan fingerprint density at radius 1 is 1.33 bits per heavy atom. The smallest absolute Gasteiger partial charge is 0.0931 e. The first-order valence-electron chi connectivity index (χ1n) is 7.13. The minimum Gasteiger partial charge on any atom is -0.307 e. The molecular weight excluding hydrogens is 262 g/mol. The Balaban J connectivity index is 1.59. The standard InChI is InChI=1S/C15H22ClNS/c1-9(13-7-15(16)18-8-13)17-10(2)14-6-11-3-4-12(14)5-11/h7-12,14,17H,3-6H2,1-2H3. The summed E-state index contributed by atoms with van der Waals surface area (Å²) in [6.07, 6.45) is 5.91. The summed E-state index contributed by atoms with van der Waals surface area (Å²) in [5.41, 5.74) is 1.33. The number of thiophene rings is 1. The highest BCUT2D eigenvalue weighted by atomic mass is 35.5. The van der Waals surface area contributed by atoms with Crippen LogP contribution in [0.15, 0.2) is 11.4 Å². The van der Waals surface area contributed by atoms with Crippen LogP contribution in [-0.2, 0) is 0 Å². The molecule has 100 valence electrons. The Bertz CT molecular complexity index is 416. The molecule has 2 saturated carbocycles. The molecule has 3 rings (SSSR count). The first kappa shape index (κ1) is 13.0. The van der Waals surface area contributed by atoms with Crippen molar-refractivity contribution in [2.24, 2.45) is 17.8 Å². The summed E-state index contributed by atoms with van der Waals surface area (Å²) in [5.74, 6) is 2.94. The molecule has 2 bridgehead atoms. The van der Waals surface area contributed by atoms with E-state index in [1.54, 1.807) is 11.3 Å². The van der Waals surface area contributed by atoms with E-state index >= 15 is 0 Å². The fourth-order valence-electron chi connectivity index (χ4n) is 4.07. The normalized spacial score (nSPS) is 33.8. The molecule has 18 heavy (non-hydrogen) atoms. The molecule has 1 nitrogen and oxygen atoms in total. The van der Waals surface area contributed by atoms with Crippen LogP contribution in [0.3, 0.4) is 0 Å². The fraction of sp³-hybridized carbons (Fsp3) is 0.733. The summed E-state index contributed by atoms with van der Waals surface area (Å²) in [7, 11) is 0. The Labute approximate surface area is 119 Å². The highest BCUT2D eigenvalue weighted by molar-refractivity contribution is 7.14. The molecule has 1 aromatic heterocycles. The van der Waals surface area contributed by atoms with Crippen LogP contribution in [0.25, 0.3) is 0 Å². The Morgan fingerprint density at radius 3 is 2.72 bits per heavy atom. The molecule has 1 N–H and O–H groups in total. The number of halogens is 1. The SMILES string of the molecule is CC(NC(C)C1CC2CCC1C2)c1csc(Cl)c1. The van der Waals surface area contributed by atoms with E-state index in [0.717, 1.165) is 22.1 Å². The van der Waals surface area contributed by atoms with Gasteiger partial charge in [-0.2, -0.15) is 0 Å². The van der Waals surface area contributed by atoms with Crippen molar-refractivity contribution < 1.29 is 0 Å². The lowest BCUT2D eigenvalue weighted by Crippen LogP contribution is -2.37. The fourth-order valence-corrected chi connectivity index (χ4v) is 5.06. The van der Waals surface area contributed by atoms with Gasteiger partial charge in [-0.1, -0.05) is 18.0 Å². The van der Waals surface area contributed by atoms with Gasteiger partial charge in [0.1, 0.15) is 0 Å². The van der Waals surface area contributed by atoms with Gasteiger partial charge < -0.3 is 5.32 Å². The van der Waals surface area contributed by atoms with E-state index in [2.05, 4.69) is 30.6 Å². The van der Waals surface area contributed by atoms with Crippen molar-refractivity contribution in [2.45, 2.75) is 51.6 Å². The summed E-state index contributed by atoms with van der Waals surface area (Å²) < 4.78 is 0.895. The summed E-state index contributed by atoms with van der Waals surface area (Å²) in [5, 5.41) is 5.96. The van der Waals surface area contributed by atoms with E-state index in [1.165, 1.54) is 31.2 Å². The molecule has 2 aliphatic carbocycles. The molecule has 1 heterocycles. The maximum absolute atomic E-state index is 6.01. The van der Waals surface area contributed by atoms with Crippen LogP contribution in [0.1, 0.15) is 51.1 Å². The number of nitrogens with one attached hydrogen (secondary N) is 1. The third kappa shape index (κ3) is 2.48. The van der Waals surface area contributed by atoms with Crippen molar-refractivity contribution in [1.82, 2.24) is 5.32 Å². The minimum atomic E-state index is 0.419. The summed E-state index contributed by atoms with van der Waals surface area (Å²) in [4.78, 5) is 0. The van der Waals surface area contributed by atoms with E-state index in [1.807, 2.05) is 0 Å². The van der Waals surface area contributed by atoms with Gasteiger partial charge in [-0.05, 0) is 67.9 Å². The predicted molar refractivity (Wildman–Crippen MR) is 79.3 cm³/mol. The molecule has 0 saturated heterocycles. The predicted octanol–water partition coefficient (Wildman–Crippen LogP) is 4.88. The Hall–Kier alpha value is -0.0500. The first-order valence-corrected chi connectivity index (χ1v) is 8.39. The van der Waals surface area contributed by atoms with E-state index in [-0.39, 0.29) is 0 Å². The summed E-state index contributed by atoms with van der Waals surface area (Å²) in [6.45, 7) is 4.62. The zero-order valence-electron chi connectivity index (χ0n) is 11.2. The lowest BCUT2D eigenvalue weighted by Gasteiger charge is -2.30. The topological polar surface area (TPSA) is 12.0 Å². The third-order valence-corrected chi connectivity index (χ3v) is 6.15. The second-order valence-electron chi connectivity index (χ2n) is 6.20. The van der Waals surface area contributed by atoms with E-state index in [9.17, 15) is 0 Å². The Morgan fingerprint density at radius 2 is 2.17 bits per heavy atom. The molecule has 0 amide bonds. The maximum atomic E-state index is 6.01. The molecule has 0 spiro atoms. The van der Waals surface area contributed by atoms with Gasteiger partial charge in [0, 0.05) is 12.1 Å². The van der Waals surface area contributed by atoms with Crippen LogP contribution in [0.5, 0.6) is 0 Å². The largest absolute Gasteiger partial charge is 0.307 e. The van der Waals surface area contributed by atoms with Gasteiger partial charge in [0.05, 0.1) is 4.34 Å². The molecule has 0 aliphatic heterocycles. The van der Waals surface area contributed by atoms with E-state index in [0.29, 0.717) is 12.1 Å². The average Bonchev–Trinajstić information content (AvgIpc) is 3.03. The van der Waals surface area contributed by atoms with Crippen LogP contribution in [-0.4, -0.2) is 6.04 Å². The lowest BCUT2D eigenvalue weighted by molar-refractivity contribution is 0.248. The van der Waals surface area contributed by atoms with Crippen molar-refractivity contribution in [3.63, 3.8) is 0 Å². The van der Waals surface area contributed by atoms with Gasteiger partial charge >= 0.3 is 0 Å². The molecule has 3 heteroatoms. The average molecular weight is 284 g/mol. The van der Waals surface area contributed by atoms with Gasteiger partial charge in [0.25, 0.3) is 0 Å². The number of hydrogen-bond donors (Lipinski definition) is 1. The Kier molecular flexibility index (Phi) is 3.70. The van der Waals surface area contributed by atoms with Gasteiger partial charge in [-0.15, -0.1) is 11.3 Å². The van der Waals surface area contributed by atoms with Crippen LogP contribution in [0.4, 0.5) is 0 Å². The van der Waals surface area contributed by atoms with Crippen molar-refractivity contribution >= 4 is 22.9 Å². The second kappa shape index (κ2) is 5.15. The molecule has 1 aromatic rings. The first-order chi connectivity index (χ1) is 8.63. The van der Waals surface area contributed by atoms with Crippen molar-refractivity contribution in [1.29, 1.82) is 0 Å². The lowest BCUT2D eigenvalue weighted by atomic mass is 9.83. The number of fused-ring (bicyclic) bond motifs is 2. The molecule has 2 aliphatic rings. The van der Waals surface area contributed by atoms with E-state index < -0.39 is 0 Å². The van der Waals surface area contributed by atoms with Crippen molar-refractivity contribution in [3.8, 4) is 0 Å². The van der Waals surface area contributed by atoms with Crippen LogP contribution in [0.2, 0.25) is 4.34 Å². The molecular formula is C15H22ClNS. The van der Waals surface area contributed by atoms with Crippen LogP contribution >= 0.6 is 22.9 Å². The molecule has 0 aromatic carbocycles. The summed E-state index contributed by atoms with van der Waals surface area (Å²) >= 11 is 7.64. The maximum Gasteiger partial charge on any atom is 0.0931 e. The van der Waals surface area contributed by atoms with Crippen molar-refractivity contribution in [3.05, 3.63) is 21.3 Å². The number of hydrogen-bond acceptors (Lipinski definition) is 2. The minimum absolute atomic E-state index is 0.419.